The summed E-state index contributed by atoms with van der Waals surface area (Å²) in [4.78, 5) is 13.6. The van der Waals surface area contributed by atoms with E-state index in [1.807, 2.05) is 0 Å². The van der Waals surface area contributed by atoms with Gasteiger partial charge in [-0.15, -0.1) is 0 Å². The molecule has 1 saturated heterocycles. The Bertz CT molecular complexity index is 456. The number of fused-ring (bicyclic) bond motifs is 1. The number of carbonyl (C=O) groups is 1. The highest BCUT2D eigenvalue weighted by Gasteiger charge is 2.15. The van der Waals surface area contributed by atoms with Gasteiger partial charge < -0.3 is 4.90 Å². The molecule has 102 valence electrons. The zero-order chi connectivity index (χ0) is 13.1. The lowest BCUT2D eigenvalue weighted by atomic mass is 10.0. The van der Waals surface area contributed by atoms with E-state index >= 15 is 0 Å². The molecule has 19 heavy (non-hydrogen) atoms. The van der Waals surface area contributed by atoms with Crippen LogP contribution in [0.15, 0.2) is 18.2 Å². The fourth-order valence-electron chi connectivity index (χ4n) is 3.31. The SMILES string of the molecule is O=C1CCN(CCCc2ccc3c(c2)CCC3)CC1. The van der Waals surface area contributed by atoms with E-state index < -0.39 is 0 Å². The maximum absolute atomic E-state index is 11.2. The van der Waals surface area contributed by atoms with Crippen molar-refractivity contribution in [3.8, 4) is 0 Å². The van der Waals surface area contributed by atoms with Crippen molar-refractivity contribution < 1.29 is 4.79 Å². The summed E-state index contributed by atoms with van der Waals surface area (Å²) in [5, 5.41) is 0. The molecular formula is C17H23NO. The van der Waals surface area contributed by atoms with E-state index in [0.717, 1.165) is 32.5 Å². The van der Waals surface area contributed by atoms with Crippen LogP contribution in [0.1, 0.15) is 42.4 Å². The van der Waals surface area contributed by atoms with Crippen molar-refractivity contribution in [2.75, 3.05) is 19.6 Å². The third-order valence-corrected chi connectivity index (χ3v) is 4.52. The van der Waals surface area contributed by atoms with E-state index in [1.165, 1.54) is 37.7 Å². The summed E-state index contributed by atoms with van der Waals surface area (Å²) >= 11 is 0. The molecule has 1 heterocycles. The van der Waals surface area contributed by atoms with E-state index in [9.17, 15) is 4.79 Å². The molecule has 0 bridgehead atoms. The summed E-state index contributed by atoms with van der Waals surface area (Å²) in [5.41, 5.74) is 4.65. The van der Waals surface area contributed by atoms with Crippen LogP contribution in [-0.2, 0) is 24.1 Å². The van der Waals surface area contributed by atoms with Crippen molar-refractivity contribution in [1.29, 1.82) is 0 Å². The Morgan fingerprint density at radius 3 is 2.63 bits per heavy atom. The maximum Gasteiger partial charge on any atom is 0.135 e. The molecular weight excluding hydrogens is 234 g/mol. The first-order chi connectivity index (χ1) is 9.31. The zero-order valence-corrected chi connectivity index (χ0v) is 11.7. The second kappa shape index (κ2) is 5.87. The van der Waals surface area contributed by atoms with Crippen molar-refractivity contribution in [3.63, 3.8) is 0 Å². The average Bonchev–Trinajstić information content (AvgIpc) is 2.88. The van der Waals surface area contributed by atoms with Gasteiger partial charge in [0, 0.05) is 25.9 Å². The van der Waals surface area contributed by atoms with Crippen LogP contribution >= 0.6 is 0 Å². The lowest BCUT2D eigenvalue weighted by molar-refractivity contribution is -0.121. The molecule has 0 amide bonds. The second-order valence-electron chi connectivity index (χ2n) is 5.94. The topological polar surface area (TPSA) is 20.3 Å². The van der Waals surface area contributed by atoms with E-state index in [-0.39, 0.29) is 0 Å². The summed E-state index contributed by atoms with van der Waals surface area (Å²) in [6.07, 6.45) is 7.80. The molecule has 2 nitrogen and oxygen atoms in total. The van der Waals surface area contributed by atoms with Crippen molar-refractivity contribution in [2.24, 2.45) is 0 Å². The van der Waals surface area contributed by atoms with Gasteiger partial charge in [-0.3, -0.25) is 4.79 Å². The number of Topliss-reactive ketones (excluding diaryl/α,β-unsaturated/α-hetero) is 1. The van der Waals surface area contributed by atoms with Crippen LogP contribution in [0, 0.1) is 0 Å². The van der Waals surface area contributed by atoms with Crippen LogP contribution < -0.4 is 0 Å². The smallest absolute Gasteiger partial charge is 0.135 e. The zero-order valence-electron chi connectivity index (χ0n) is 11.7. The summed E-state index contributed by atoms with van der Waals surface area (Å²) in [6, 6.07) is 7.06. The lowest BCUT2D eigenvalue weighted by Gasteiger charge is -2.25. The van der Waals surface area contributed by atoms with Gasteiger partial charge in [0.2, 0.25) is 0 Å². The van der Waals surface area contributed by atoms with Gasteiger partial charge in [-0.25, -0.2) is 0 Å². The molecule has 0 atom stereocenters. The van der Waals surface area contributed by atoms with Crippen LogP contribution in [0.5, 0.6) is 0 Å². The van der Waals surface area contributed by atoms with Gasteiger partial charge in [-0.2, -0.15) is 0 Å². The van der Waals surface area contributed by atoms with Crippen LogP contribution in [0.25, 0.3) is 0 Å². The summed E-state index contributed by atoms with van der Waals surface area (Å²) in [6.45, 7) is 3.09. The first-order valence-electron chi connectivity index (χ1n) is 7.66. The summed E-state index contributed by atoms with van der Waals surface area (Å²) in [7, 11) is 0. The molecule has 2 heteroatoms. The number of hydrogen-bond acceptors (Lipinski definition) is 2. The Kier molecular flexibility index (Phi) is 3.97. The minimum absolute atomic E-state index is 0.440. The van der Waals surface area contributed by atoms with Crippen LogP contribution in [0.4, 0.5) is 0 Å². The molecule has 2 aliphatic rings. The van der Waals surface area contributed by atoms with Crippen molar-refractivity contribution in [3.05, 3.63) is 34.9 Å². The molecule has 0 N–H and O–H groups in total. The average molecular weight is 257 g/mol. The van der Waals surface area contributed by atoms with Crippen molar-refractivity contribution in [1.82, 2.24) is 4.90 Å². The van der Waals surface area contributed by atoms with E-state index in [4.69, 9.17) is 0 Å². The van der Waals surface area contributed by atoms with Gasteiger partial charge in [0.05, 0.1) is 0 Å². The van der Waals surface area contributed by atoms with Gasteiger partial charge in [0.25, 0.3) is 0 Å². The number of carbonyl (C=O) groups excluding carboxylic acids is 1. The highest BCUT2D eigenvalue weighted by molar-refractivity contribution is 5.79. The van der Waals surface area contributed by atoms with Crippen LogP contribution in [0.3, 0.4) is 0 Å². The predicted octanol–water partition coefficient (Wildman–Crippen LogP) is 2.77. The maximum atomic E-state index is 11.2. The van der Waals surface area contributed by atoms with Crippen molar-refractivity contribution in [2.45, 2.75) is 44.9 Å². The van der Waals surface area contributed by atoms with E-state index in [1.54, 1.807) is 11.1 Å². The molecule has 1 aromatic rings. The van der Waals surface area contributed by atoms with Crippen LogP contribution in [0.2, 0.25) is 0 Å². The highest BCUT2D eigenvalue weighted by Crippen LogP contribution is 2.23. The predicted molar refractivity (Wildman–Crippen MR) is 77.5 cm³/mol. The number of likely N-dealkylation sites (tertiary alicyclic amines) is 1. The molecule has 0 unspecified atom stereocenters. The van der Waals surface area contributed by atoms with Crippen LogP contribution in [-0.4, -0.2) is 30.3 Å². The Hall–Kier alpha value is -1.15. The Balaban J connectivity index is 1.46. The summed E-state index contributed by atoms with van der Waals surface area (Å²) in [5.74, 6) is 0.440. The Morgan fingerprint density at radius 1 is 1.00 bits per heavy atom. The lowest BCUT2D eigenvalue weighted by Crippen LogP contribution is -2.34. The fourth-order valence-corrected chi connectivity index (χ4v) is 3.31. The van der Waals surface area contributed by atoms with Gasteiger partial charge in [-0.1, -0.05) is 18.2 Å². The number of aryl methyl sites for hydroxylation is 3. The first kappa shape index (κ1) is 12.9. The van der Waals surface area contributed by atoms with E-state index in [0.29, 0.717) is 5.78 Å². The number of ketones is 1. The normalized spacial score (nSPS) is 19.7. The largest absolute Gasteiger partial charge is 0.302 e. The van der Waals surface area contributed by atoms with Gasteiger partial charge in [0.1, 0.15) is 5.78 Å². The molecule has 0 spiro atoms. The van der Waals surface area contributed by atoms with Gasteiger partial charge in [0.15, 0.2) is 0 Å². The second-order valence-corrected chi connectivity index (χ2v) is 5.94. The molecule has 1 aliphatic heterocycles. The third kappa shape index (κ3) is 3.24. The summed E-state index contributed by atoms with van der Waals surface area (Å²) < 4.78 is 0. The van der Waals surface area contributed by atoms with Gasteiger partial charge >= 0.3 is 0 Å². The fraction of sp³-hybridized carbons (Fsp3) is 0.588. The monoisotopic (exact) mass is 257 g/mol. The Labute approximate surface area is 115 Å². The Morgan fingerprint density at radius 2 is 1.79 bits per heavy atom. The van der Waals surface area contributed by atoms with Gasteiger partial charge in [-0.05, 0) is 55.3 Å². The minimum Gasteiger partial charge on any atom is -0.302 e. The van der Waals surface area contributed by atoms with Crippen molar-refractivity contribution >= 4 is 5.78 Å². The number of rotatable bonds is 4. The highest BCUT2D eigenvalue weighted by atomic mass is 16.1. The molecule has 1 fully saturated rings. The minimum atomic E-state index is 0.440. The van der Waals surface area contributed by atoms with E-state index in [2.05, 4.69) is 23.1 Å². The molecule has 0 aromatic heterocycles. The standard InChI is InChI=1S/C17H23NO/c19-17-8-11-18(12-9-17)10-2-3-14-6-7-15-4-1-5-16(15)13-14/h6-7,13H,1-5,8-12H2. The number of benzene rings is 1. The molecule has 0 radical (unpaired) electrons. The molecule has 1 aliphatic carbocycles. The molecule has 3 rings (SSSR count). The molecule has 0 saturated carbocycles. The quantitative estimate of drug-likeness (QED) is 0.826. The number of hydrogen-bond donors (Lipinski definition) is 0. The number of piperidine rings is 1. The first-order valence-corrected chi connectivity index (χ1v) is 7.66. The molecule has 1 aromatic carbocycles. The number of nitrogens with zero attached hydrogens (tertiary/aromatic N) is 1. The third-order valence-electron chi connectivity index (χ3n) is 4.52.